The molecule has 1 atom stereocenters. The number of anilines is 2. The average Bonchev–Trinajstić information content (AvgIpc) is 3.15. The highest BCUT2D eigenvalue weighted by atomic mass is 79.9. The Balaban J connectivity index is 1.59. The lowest BCUT2D eigenvalue weighted by molar-refractivity contribution is 0.0500. The van der Waals surface area contributed by atoms with Gasteiger partial charge in [0.25, 0.3) is 5.91 Å². The van der Waals surface area contributed by atoms with Crippen molar-refractivity contribution in [1.29, 1.82) is 0 Å². The van der Waals surface area contributed by atoms with Crippen LogP contribution in [0.3, 0.4) is 0 Å². The van der Waals surface area contributed by atoms with Crippen molar-refractivity contribution in [1.82, 2.24) is 25.3 Å². The number of hydrogen-bond acceptors (Lipinski definition) is 7. The molecular formula is C22H26BrN7O3. The van der Waals surface area contributed by atoms with Crippen LogP contribution >= 0.6 is 15.9 Å². The molecule has 0 aromatic carbocycles. The highest BCUT2D eigenvalue weighted by Gasteiger charge is 2.28. The summed E-state index contributed by atoms with van der Waals surface area (Å²) in [4.78, 5) is 42.7. The fraction of sp³-hybridized carbons (Fsp3) is 0.409. The van der Waals surface area contributed by atoms with Gasteiger partial charge in [-0.1, -0.05) is 0 Å². The number of aromatic nitrogens is 4. The number of carbonyl (C=O) groups is 2. The van der Waals surface area contributed by atoms with Crippen LogP contribution in [0.25, 0.3) is 11.0 Å². The van der Waals surface area contributed by atoms with E-state index < -0.39 is 17.6 Å². The summed E-state index contributed by atoms with van der Waals surface area (Å²) in [6, 6.07) is 1.58. The monoisotopic (exact) mass is 515 g/mol. The van der Waals surface area contributed by atoms with Crippen molar-refractivity contribution < 1.29 is 14.3 Å². The summed E-state index contributed by atoms with van der Waals surface area (Å²) in [6.07, 6.45) is 7.79. The number of amides is 2. The van der Waals surface area contributed by atoms with E-state index in [2.05, 4.69) is 51.4 Å². The highest BCUT2D eigenvalue weighted by molar-refractivity contribution is 9.10. The van der Waals surface area contributed by atoms with Gasteiger partial charge < -0.3 is 25.3 Å². The number of rotatable bonds is 4. The first kappa shape index (κ1) is 23.0. The summed E-state index contributed by atoms with van der Waals surface area (Å²) >= 11 is 3.63. The van der Waals surface area contributed by atoms with E-state index in [1.807, 2.05) is 20.8 Å². The van der Waals surface area contributed by atoms with Gasteiger partial charge in [-0.3, -0.25) is 4.79 Å². The van der Waals surface area contributed by atoms with Crippen LogP contribution < -0.4 is 15.5 Å². The van der Waals surface area contributed by atoms with Gasteiger partial charge in [0.05, 0.1) is 21.2 Å². The van der Waals surface area contributed by atoms with Crippen LogP contribution in [-0.2, 0) is 4.74 Å². The van der Waals surface area contributed by atoms with Crippen molar-refractivity contribution in [3.63, 3.8) is 0 Å². The molecule has 4 rings (SSSR count). The number of hydrogen-bond donors (Lipinski definition) is 3. The largest absolute Gasteiger partial charge is 0.444 e. The summed E-state index contributed by atoms with van der Waals surface area (Å²) < 4.78 is 6.21. The second-order valence-electron chi connectivity index (χ2n) is 8.84. The lowest BCUT2D eigenvalue weighted by atomic mass is 10.0. The van der Waals surface area contributed by atoms with Crippen molar-refractivity contribution in [2.45, 2.75) is 45.3 Å². The van der Waals surface area contributed by atoms with E-state index >= 15 is 0 Å². The molecule has 0 aliphatic carbocycles. The number of nitrogens with zero attached hydrogens (tertiary/aromatic N) is 4. The zero-order chi connectivity index (χ0) is 23.6. The third-order valence-electron chi connectivity index (χ3n) is 5.10. The SMILES string of the molecule is CC(C)(C)OC(=O)N[C@@H]1CCCN(c2c(Br)cnc3[nH]cc(NC(=O)c4ncccn4)c23)C1. The van der Waals surface area contributed by atoms with Gasteiger partial charge in [-0.05, 0) is 55.6 Å². The molecule has 10 nitrogen and oxygen atoms in total. The molecular weight excluding hydrogens is 490 g/mol. The van der Waals surface area contributed by atoms with Gasteiger partial charge in [-0.25, -0.2) is 19.7 Å². The van der Waals surface area contributed by atoms with Crippen LogP contribution in [0.15, 0.2) is 35.3 Å². The number of aromatic amines is 1. The molecule has 0 radical (unpaired) electrons. The molecule has 2 amide bonds. The van der Waals surface area contributed by atoms with Crippen molar-refractivity contribution in [2.75, 3.05) is 23.3 Å². The molecule has 11 heteroatoms. The van der Waals surface area contributed by atoms with Gasteiger partial charge in [-0.15, -0.1) is 0 Å². The topological polar surface area (TPSA) is 125 Å². The molecule has 0 bridgehead atoms. The van der Waals surface area contributed by atoms with E-state index in [9.17, 15) is 9.59 Å². The van der Waals surface area contributed by atoms with Gasteiger partial charge in [0.15, 0.2) is 0 Å². The lowest BCUT2D eigenvalue weighted by Crippen LogP contribution is -2.49. The van der Waals surface area contributed by atoms with Crippen LogP contribution in [0, 0.1) is 0 Å². The van der Waals surface area contributed by atoms with Gasteiger partial charge in [0, 0.05) is 43.9 Å². The minimum atomic E-state index is -0.556. The fourth-order valence-corrected chi connectivity index (χ4v) is 4.38. The Kier molecular flexibility index (Phi) is 6.50. The Morgan fingerprint density at radius 2 is 2.00 bits per heavy atom. The van der Waals surface area contributed by atoms with Crippen LogP contribution in [0.5, 0.6) is 0 Å². The zero-order valence-electron chi connectivity index (χ0n) is 18.7. The number of ether oxygens (including phenoxy) is 1. The van der Waals surface area contributed by atoms with Gasteiger partial charge in [-0.2, -0.15) is 0 Å². The smallest absolute Gasteiger partial charge is 0.407 e. The summed E-state index contributed by atoms with van der Waals surface area (Å²) in [5.41, 5.74) is 1.55. The normalized spacial score (nSPS) is 16.5. The number of fused-ring (bicyclic) bond motifs is 1. The quantitative estimate of drug-likeness (QED) is 0.481. The summed E-state index contributed by atoms with van der Waals surface area (Å²) in [7, 11) is 0. The lowest BCUT2D eigenvalue weighted by Gasteiger charge is -2.36. The van der Waals surface area contributed by atoms with Crippen LogP contribution in [0.1, 0.15) is 44.2 Å². The number of piperidine rings is 1. The molecule has 0 unspecified atom stereocenters. The van der Waals surface area contributed by atoms with Crippen LogP contribution in [-0.4, -0.2) is 56.7 Å². The molecule has 4 heterocycles. The van der Waals surface area contributed by atoms with E-state index in [4.69, 9.17) is 4.74 Å². The predicted octanol–water partition coefficient (Wildman–Crippen LogP) is 3.86. The Bertz CT molecular complexity index is 1160. The molecule has 33 heavy (non-hydrogen) atoms. The minimum absolute atomic E-state index is 0.0709. The standard InChI is InChI=1S/C22H26BrN7O3/c1-22(2,3)33-21(32)28-13-6-4-9-30(12-13)17-14(23)10-26-18-16(17)15(11-27-18)29-20(31)19-24-7-5-8-25-19/h5,7-8,10-11,13H,4,6,9,12H2,1-3H3,(H,26,27)(H,28,32)(H,29,31)/t13-/m1/s1. The maximum atomic E-state index is 12.7. The Morgan fingerprint density at radius 1 is 1.24 bits per heavy atom. The number of nitrogens with one attached hydrogen (secondary N) is 3. The van der Waals surface area contributed by atoms with Crippen LogP contribution in [0.2, 0.25) is 0 Å². The second kappa shape index (κ2) is 9.34. The molecule has 1 aliphatic heterocycles. The maximum absolute atomic E-state index is 12.7. The Hall–Kier alpha value is -3.21. The van der Waals surface area contributed by atoms with Crippen molar-refractivity contribution in [3.8, 4) is 0 Å². The van der Waals surface area contributed by atoms with E-state index in [0.717, 1.165) is 34.9 Å². The number of alkyl carbamates (subject to hydrolysis) is 1. The summed E-state index contributed by atoms with van der Waals surface area (Å²) in [6.45, 7) is 6.91. The molecule has 1 fully saturated rings. The summed E-state index contributed by atoms with van der Waals surface area (Å²) in [5.74, 6) is -0.332. The number of H-pyrrole nitrogens is 1. The number of carbonyl (C=O) groups excluding carboxylic acids is 2. The second-order valence-corrected chi connectivity index (χ2v) is 9.69. The van der Waals surface area contributed by atoms with Crippen molar-refractivity contribution in [3.05, 3.63) is 41.2 Å². The molecule has 0 saturated carbocycles. The fourth-order valence-electron chi connectivity index (χ4n) is 3.83. The molecule has 1 saturated heterocycles. The van der Waals surface area contributed by atoms with Gasteiger partial charge in [0.1, 0.15) is 11.2 Å². The first-order valence-corrected chi connectivity index (χ1v) is 11.5. The molecule has 3 N–H and O–H groups in total. The van der Waals surface area contributed by atoms with E-state index in [0.29, 0.717) is 17.9 Å². The third kappa shape index (κ3) is 5.41. The maximum Gasteiger partial charge on any atom is 0.407 e. The van der Waals surface area contributed by atoms with E-state index in [-0.39, 0.29) is 11.9 Å². The molecule has 0 spiro atoms. The van der Waals surface area contributed by atoms with Crippen molar-refractivity contribution in [2.24, 2.45) is 0 Å². The van der Waals surface area contributed by atoms with Gasteiger partial charge >= 0.3 is 6.09 Å². The molecule has 3 aromatic rings. The Labute approximate surface area is 199 Å². The number of pyridine rings is 1. The van der Waals surface area contributed by atoms with Crippen molar-refractivity contribution >= 4 is 50.3 Å². The average molecular weight is 516 g/mol. The first-order valence-electron chi connectivity index (χ1n) is 10.7. The predicted molar refractivity (Wildman–Crippen MR) is 128 cm³/mol. The summed E-state index contributed by atoms with van der Waals surface area (Å²) in [5, 5.41) is 6.63. The molecule has 3 aromatic heterocycles. The molecule has 174 valence electrons. The zero-order valence-corrected chi connectivity index (χ0v) is 20.3. The third-order valence-corrected chi connectivity index (χ3v) is 5.69. The van der Waals surface area contributed by atoms with E-state index in [1.165, 1.54) is 12.4 Å². The first-order chi connectivity index (χ1) is 15.7. The highest BCUT2D eigenvalue weighted by Crippen LogP contribution is 2.39. The van der Waals surface area contributed by atoms with Gasteiger partial charge in [0.2, 0.25) is 5.82 Å². The minimum Gasteiger partial charge on any atom is -0.444 e. The van der Waals surface area contributed by atoms with E-state index in [1.54, 1.807) is 18.5 Å². The molecule has 1 aliphatic rings. The Morgan fingerprint density at radius 3 is 2.73 bits per heavy atom. The van der Waals surface area contributed by atoms with Crippen LogP contribution in [0.4, 0.5) is 16.2 Å². The number of halogens is 1.